The number of hydrogen-bond acceptors (Lipinski definition) is 3. The van der Waals surface area contributed by atoms with Crippen LogP contribution in [0.15, 0.2) is 36.4 Å². The van der Waals surface area contributed by atoms with Gasteiger partial charge in [-0.05, 0) is 63.9 Å². The highest BCUT2D eigenvalue weighted by atomic mass is 35.5. The lowest BCUT2D eigenvalue weighted by molar-refractivity contribution is -0.128. The minimum atomic E-state index is -0.622. The second-order valence-corrected chi connectivity index (χ2v) is 8.17. The maximum Gasteiger partial charge on any atom is 0.261 e. The number of ether oxygens (including phenoxy) is 2. The third-order valence-electron chi connectivity index (χ3n) is 4.78. The van der Waals surface area contributed by atoms with Crippen molar-refractivity contribution in [3.8, 4) is 11.5 Å². The van der Waals surface area contributed by atoms with E-state index >= 15 is 0 Å². The van der Waals surface area contributed by atoms with E-state index in [2.05, 4.69) is 5.32 Å². The molecular weight excluding hydrogens is 362 g/mol. The predicted octanol–water partition coefficient (Wildman–Crippen LogP) is 5.14. The van der Waals surface area contributed by atoms with Crippen molar-refractivity contribution in [3.05, 3.63) is 58.1 Å². The van der Waals surface area contributed by atoms with Gasteiger partial charge in [0.25, 0.3) is 5.91 Å². The van der Waals surface area contributed by atoms with Crippen LogP contribution < -0.4 is 14.8 Å². The van der Waals surface area contributed by atoms with Crippen molar-refractivity contribution in [2.45, 2.75) is 58.8 Å². The monoisotopic (exact) mass is 387 g/mol. The number of nitrogens with one attached hydrogen (secondary N) is 1. The second-order valence-electron chi connectivity index (χ2n) is 7.80. The number of hydrogen-bond donors (Lipinski definition) is 1. The van der Waals surface area contributed by atoms with Crippen LogP contribution in [0, 0.1) is 13.8 Å². The molecule has 1 N–H and O–H groups in total. The van der Waals surface area contributed by atoms with E-state index in [9.17, 15) is 4.79 Å². The van der Waals surface area contributed by atoms with Gasteiger partial charge in [-0.2, -0.15) is 0 Å². The summed E-state index contributed by atoms with van der Waals surface area (Å²) >= 11 is 6.21. The van der Waals surface area contributed by atoms with Crippen molar-refractivity contribution in [3.63, 3.8) is 0 Å². The fourth-order valence-electron chi connectivity index (χ4n) is 3.45. The molecule has 0 saturated carbocycles. The van der Waals surface area contributed by atoms with Gasteiger partial charge in [0.15, 0.2) is 6.10 Å². The summed E-state index contributed by atoms with van der Waals surface area (Å²) < 4.78 is 11.9. The fraction of sp³-hybridized carbons (Fsp3) is 0.409. The molecule has 0 radical (unpaired) electrons. The lowest BCUT2D eigenvalue weighted by atomic mass is 9.89. The van der Waals surface area contributed by atoms with Gasteiger partial charge in [0.2, 0.25) is 0 Å². The van der Waals surface area contributed by atoms with E-state index in [1.165, 1.54) is 0 Å². The molecule has 0 fully saturated rings. The molecule has 0 unspecified atom stereocenters. The average molecular weight is 388 g/mol. The van der Waals surface area contributed by atoms with E-state index in [-0.39, 0.29) is 17.6 Å². The van der Waals surface area contributed by atoms with Crippen molar-refractivity contribution >= 4 is 17.5 Å². The second kappa shape index (κ2) is 7.43. The molecule has 0 aliphatic carbocycles. The maximum absolute atomic E-state index is 12.8. The molecule has 2 aromatic rings. The summed E-state index contributed by atoms with van der Waals surface area (Å²) in [5.41, 5.74) is 2.51. The fourth-order valence-corrected chi connectivity index (χ4v) is 3.56. The molecule has 1 heterocycles. The summed E-state index contributed by atoms with van der Waals surface area (Å²) in [5, 5.41) is 3.84. The van der Waals surface area contributed by atoms with Gasteiger partial charge in [-0.1, -0.05) is 29.8 Å². The minimum absolute atomic E-state index is 0.114. The first-order valence-electron chi connectivity index (χ1n) is 9.18. The largest absolute Gasteiger partial charge is 0.487 e. The van der Waals surface area contributed by atoms with Crippen molar-refractivity contribution < 1.29 is 14.3 Å². The summed E-state index contributed by atoms with van der Waals surface area (Å²) in [4.78, 5) is 12.8. The first-order chi connectivity index (χ1) is 12.7. The van der Waals surface area contributed by atoms with E-state index in [1.54, 1.807) is 6.92 Å². The molecule has 1 amide bonds. The summed E-state index contributed by atoms with van der Waals surface area (Å²) in [6, 6.07) is 11.4. The van der Waals surface area contributed by atoms with Gasteiger partial charge in [0.05, 0.1) is 6.04 Å². The Labute approximate surface area is 165 Å². The van der Waals surface area contributed by atoms with Crippen LogP contribution in [-0.2, 0) is 4.79 Å². The molecule has 144 valence electrons. The highest BCUT2D eigenvalue weighted by Crippen LogP contribution is 2.39. The zero-order valence-corrected chi connectivity index (χ0v) is 17.2. The molecule has 2 aromatic carbocycles. The first-order valence-corrected chi connectivity index (χ1v) is 9.56. The number of carbonyl (C=O) groups is 1. The highest BCUT2D eigenvalue weighted by molar-refractivity contribution is 6.32. The SMILES string of the molecule is Cc1cc(O[C@@H](C)C(=O)N[C@@H]2CC(C)(C)Oc3ccccc32)cc(C)c1Cl. The van der Waals surface area contributed by atoms with Crippen LogP contribution >= 0.6 is 11.6 Å². The molecular formula is C22H26ClNO3. The van der Waals surface area contributed by atoms with Crippen molar-refractivity contribution in [2.75, 3.05) is 0 Å². The minimum Gasteiger partial charge on any atom is -0.487 e. The van der Waals surface area contributed by atoms with E-state index in [4.69, 9.17) is 21.1 Å². The van der Waals surface area contributed by atoms with Gasteiger partial charge in [-0.15, -0.1) is 0 Å². The lowest BCUT2D eigenvalue weighted by Crippen LogP contribution is -2.44. The summed E-state index contributed by atoms with van der Waals surface area (Å²) in [6.45, 7) is 9.66. The van der Waals surface area contributed by atoms with Crippen molar-refractivity contribution in [2.24, 2.45) is 0 Å². The number of benzene rings is 2. The Hall–Kier alpha value is -2.20. The first kappa shape index (κ1) is 19.6. The van der Waals surface area contributed by atoms with Gasteiger partial charge in [-0.25, -0.2) is 0 Å². The number of fused-ring (bicyclic) bond motifs is 1. The van der Waals surface area contributed by atoms with Gasteiger partial charge in [0, 0.05) is 17.0 Å². The molecule has 0 spiro atoms. The van der Waals surface area contributed by atoms with Crippen molar-refractivity contribution in [1.82, 2.24) is 5.32 Å². The Balaban J connectivity index is 1.73. The molecule has 27 heavy (non-hydrogen) atoms. The van der Waals surface area contributed by atoms with E-state index in [1.807, 2.05) is 64.1 Å². The molecule has 0 aromatic heterocycles. The van der Waals surface area contributed by atoms with E-state index in [0.29, 0.717) is 12.2 Å². The number of amides is 1. The standard InChI is InChI=1S/C22H26ClNO3/c1-13-10-16(11-14(2)20(13)23)26-15(3)21(25)24-18-12-22(4,5)27-19-9-7-6-8-17(18)19/h6-11,15,18H,12H2,1-5H3,(H,24,25)/t15-,18+/m0/s1. The molecule has 3 rings (SSSR count). The molecule has 1 aliphatic rings. The number of carbonyl (C=O) groups excluding carboxylic acids is 1. The molecule has 0 saturated heterocycles. The quantitative estimate of drug-likeness (QED) is 0.789. The van der Waals surface area contributed by atoms with Crippen LogP contribution in [0.4, 0.5) is 0 Å². The Kier molecular flexibility index (Phi) is 5.38. The molecule has 4 nitrogen and oxygen atoms in total. The van der Waals surface area contributed by atoms with Crippen LogP contribution in [0.25, 0.3) is 0 Å². The number of rotatable bonds is 4. The molecule has 1 aliphatic heterocycles. The Morgan fingerprint density at radius 1 is 1.26 bits per heavy atom. The van der Waals surface area contributed by atoms with Crippen molar-refractivity contribution in [1.29, 1.82) is 0 Å². The van der Waals surface area contributed by atoms with Gasteiger partial charge >= 0.3 is 0 Å². The Morgan fingerprint density at radius 3 is 2.56 bits per heavy atom. The molecule has 5 heteroatoms. The Morgan fingerprint density at radius 2 is 1.89 bits per heavy atom. The van der Waals surface area contributed by atoms with Crippen LogP contribution in [0.5, 0.6) is 11.5 Å². The lowest BCUT2D eigenvalue weighted by Gasteiger charge is -2.38. The van der Waals surface area contributed by atoms with Gasteiger partial charge < -0.3 is 14.8 Å². The predicted molar refractivity (Wildman–Crippen MR) is 108 cm³/mol. The number of halogens is 1. The van der Waals surface area contributed by atoms with E-state index in [0.717, 1.165) is 27.5 Å². The van der Waals surface area contributed by atoms with Crippen LogP contribution in [0.3, 0.4) is 0 Å². The normalized spacial score (nSPS) is 18.8. The van der Waals surface area contributed by atoms with Crippen LogP contribution in [0.1, 0.15) is 49.9 Å². The number of aryl methyl sites for hydroxylation is 2. The topological polar surface area (TPSA) is 47.6 Å². The van der Waals surface area contributed by atoms with Gasteiger partial charge in [-0.3, -0.25) is 4.79 Å². The summed E-state index contributed by atoms with van der Waals surface area (Å²) in [7, 11) is 0. The average Bonchev–Trinajstić information content (AvgIpc) is 2.58. The zero-order valence-electron chi connectivity index (χ0n) is 16.4. The Bertz CT molecular complexity index is 839. The van der Waals surface area contributed by atoms with Crippen LogP contribution in [-0.4, -0.2) is 17.6 Å². The summed E-state index contributed by atoms with van der Waals surface area (Å²) in [5.74, 6) is 1.30. The summed E-state index contributed by atoms with van der Waals surface area (Å²) in [6.07, 6.45) is 0.0739. The number of para-hydroxylation sites is 1. The third-order valence-corrected chi connectivity index (χ3v) is 5.38. The van der Waals surface area contributed by atoms with Crippen LogP contribution in [0.2, 0.25) is 5.02 Å². The molecule has 2 atom stereocenters. The smallest absolute Gasteiger partial charge is 0.261 e. The van der Waals surface area contributed by atoms with Gasteiger partial charge in [0.1, 0.15) is 17.1 Å². The zero-order chi connectivity index (χ0) is 19.8. The maximum atomic E-state index is 12.8. The third kappa shape index (κ3) is 4.38. The highest BCUT2D eigenvalue weighted by Gasteiger charge is 2.35. The van der Waals surface area contributed by atoms with E-state index < -0.39 is 6.10 Å². The molecule has 0 bridgehead atoms.